The average molecular weight is 404 g/mol. The number of nitro benzene ring substituents is 1. The van der Waals surface area contributed by atoms with Gasteiger partial charge < -0.3 is 13.9 Å². The first-order valence-corrected chi connectivity index (χ1v) is 8.93. The number of benzene rings is 1. The second-order valence-corrected chi connectivity index (χ2v) is 6.66. The molecule has 146 valence electrons. The number of carbonyl (C=O) groups is 2. The third kappa shape index (κ3) is 3.92. The van der Waals surface area contributed by atoms with E-state index in [4.69, 9.17) is 13.9 Å². The van der Waals surface area contributed by atoms with Crippen molar-refractivity contribution in [3.63, 3.8) is 0 Å². The number of thioether (sulfide) groups is 1. The maximum Gasteiger partial charge on any atom is 0.293 e. The van der Waals surface area contributed by atoms with Gasteiger partial charge in [-0.05, 0) is 30.0 Å². The first-order chi connectivity index (χ1) is 13.4. The minimum absolute atomic E-state index is 0.104. The lowest BCUT2D eigenvalue weighted by Crippen LogP contribution is -2.31. The Hall–Kier alpha value is -3.11. The highest BCUT2D eigenvalue weighted by atomic mass is 32.2. The van der Waals surface area contributed by atoms with E-state index in [2.05, 4.69) is 0 Å². The average Bonchev–Trinajstić information content (AvgIpc) is 3.25. The van der Waals surface area contributed by atoms with E-state index in [1.54, 1.807) is 12.1 Å². The van der Waals surface area contributed by atoms with Gasteiger partial charge in [-0.1, -0.05) is 0 Å². The largest absolute Gasteiger partial charge is 0.496 e. The molecule has 0 aliphatic carbocycles. The van der Waals surface area contributed by atoms with Crippen molar-refractivity contribution >= 4 is 34.7 Å². The fourth-order valence-electron chi connectivity index (χ4n) is 2.58. The van der Waals surface area contributed by atoms with Gasteiger partial charge >= 0.3 is 0 Å². The summed E-state index contributed by atoms with van der Waals surface area (Å²) >= 11 is 0.815. The molecule has 10 heteroatoms. The molecule has 2 heterocycles. The Balaban J connectivity index is 1.88. The standard InChI is InChI=1S/C18H16N2O7S/c1-25-8-7-19-17(21)16(28-18(19)22)10-12-4-6-15(27-12)13-9-11(20(23)24)3-5-14(13)26-2/h3-6,9-10H,7-8H2,1-2H3/b16-10+. The topological polar surface area (TPSA) is 112 Å². The number of nitrogens with zero attached hydrogens (tertiary/aromatic N) is 2. The minimum Gasteiger partial charge on any atom is -0.496 e. The number of hydrogen-bond donors (Lipinski definition) is 0. The first-order valence-electron chi connectivity index (χ1n) is 8.11. The van der Waals surface area contributed by atoms with Crippen molar-refractivity contribution in [2.75, 3.05) is 27.4 Å². The van der Waals surface area contributed by atoms with Crippen LogP contribution in [0.15, 0.2) is 39.7 Å². The Kier molecular flexibility index (Phi) is 5.81. The number of carbonyl (C=O) groups excluding carboxylic acids is 2. The molecule has 0 saturated carbocycles. The summed E-state index contributed by atoms with van der Waals surface area (Å²) in [6.45, 7) is 0.426. The molecular formula is C18H16N2O7S. The van der Waals surface area contributed by atoms with E-state index < -0.39 is 10.8 Å². The third-order valence-corrected chi connectivity index (χ3v) is 4.86. The van der Waals surface area contributed by atoms with Crippen LogP contribution in [0.4, 0.5) is 10.5 Å². The number of ether oxygens (including phenoxy) is 2. The van der Waals surface area contributed by atoms with Crippen LogP contribution in [0.25, 0.3) is 17.4 Å². The summed E-state index contributed by atoms with van der Waals surface area (Å²) in [4.78, 5) is 36.2. The molecule has 28 heavy (non-hydrogen) atoms. The van der Waals surface area contributed by atoms with Crippen molar-refractivity contribution in [2.45, 2.75) is 0 Å². The number of non-ortho nitro benzene ring substituents is 1. The predicted octanol–water partition coefficient (Wildman–Crippen LogP) is 3.55. The fourth-order valence-corrected chi connectivity index (χ4v) is 3.43. The summed E-state index contributed by atoms with van der Waals surface area (Å²) in [6, 6.07) is 7.39. The van der Waals surface area contributed by atoms with Gasteiger partial charge in [0.2, 0.25) is 0 Å². The zero-order chi connectivity index (χ0) is 20.3. The molecule has 1 aliphatic rings. The molecular weight excluding hydrogens is 388 g/mol. The maximum absolute atomic E-state index is 12.3. The monoisotopic (exact) mass is 404 g/mol. The van der Waals surface area contributed by atoms with E-state index in [9.17, 15) is 19.7 Å². The summed E-state index contributed by atoms with van der Waals surface area (Å²) < 4.78 is 15.9. The lowest BCUT2D eigenvalue weighted by molar-refractivity contribution is -0.384. The van der Waals surface area contributed by atoms with E-state index in [1.807, 2.05) is 0 Å². The van der Waals surface area contributed by atoms with Crippen molar-refractivity contribution in [1.29, 1.82) is 0 Å². The summed E-state index contributed by atoms with van der Waals surface area (Å²) in [6.07, 6.45) is 1.46. The Labute approximate surface area is 164 Å². The fraction of sp³-hybridized carbons (Fsp3) is 0.222. The number of imide groups is 1. The molecule has 2 aromatic rings. The summed E-state index contributed by atoms with van der Waals surface area (Å²) in [7, 11) is 2.94. The Bertz CT molecular complexity index is 967. The van der Waals surface area contributed by atoms with Crippen LogP contribution < -0.4 is 4.74 Å². The molecule has 0 spiro atoms. The molecule has 0 unspecified atom stereocenters. The van der Waals surface area contributed by atoms with Gasteiger partial charge in [0.25, 0.3) is 16.8 Å². The molecule has 2 amide bonds. The molecule has 9 nitrogen and oxygen atoms in total. The number of nitro groups is 1. The second kappa shape index (κ2) is 8.28. The molecule has 0 bridgehead atoms. The Morgan fingerprint density at radius 1 is 1.25 bits per heavy atom. The van der Waals surface area contributed by atoms with Crippen LogP contribution in [-0.4, -0.2) is 48.3 Å². The van der Waals surface area contributed by atoms with Crippen molar-refractivity contribution in [3.8, 4) is 17.1 Å². The van der Waals surface area contributed by atoms with Crippen molar-refractivity contribution in [1.82, 2.24) is 4.90 Å². The first kappa shape index (κ1) is 19.6. The van der Waals surface area contributed by atoms with Gasteiger partial charge in [-0.3, -0.25) is 24.6 Å². The molecule has 0 radical (unpaired) electrons. The second-order valence-electron chi connectivity index (χ2n) is 5.67. The highest BCUT2D eigenvalue weighted by Crippen LogP contribution is 2.36. The maximum atomic E-state index is 12.3. The highest BCUT2D eigenvalue weighted by molar-refractivity contribution is 8.18. The molecule has 3 rings (SSSR count). The van der Waals surface area contributed by atoms with Gasteiger partial charge in [-0.25, -0.2) is 0 Å². The van der Waals surface area contributed by atoms with Crippen LogP contribution in [0.3, 0.4) is 0 Å². The molecule has 1 fully saturated rings. The number of hydrogen-bond acceptors (Lipinski definition) is 8. The van der Waals surface area contributed by atoms with Gasteiger partial charge in [0.05, 0.1) is 35.7 Å². The lowest BCUT2D eigenvalue weighted by atomic mass is 10.1. The molecule has 0 N–H and O–H groups in total. The molecule has 1 aromatic heterocycles. The summed E-state index contributed by atoms with van der Waals surface area (Å²) in [5, 5.41) is 10.7. The van der Waals surface area contributed by atoms with Crippen molar-refractivity contribution in [2.24, 2.45) is 0 Å². The minimum atomic E-state index is -0.511. The van der Waals surface area contributed by atoms with E-state index in [0.29, 0.717) is 22.8 Å². The number of amides is 2. The number of rotatable bonds is 7. The van der Waals surface area contributed by atoms with Crippen LogP contribution >= 0.6 is 11.8 Å². The van der Waals surface area contributed by atoms with Crippen LogP contribution in [0.1, 0.15) is 5.76 Å². The van der Waals surface area contributed by atoms with Gasteiger partial charge in [0, 0.05) is 25.3 Å². The Morgan fingerprint density at radius 2 is 2.04 bits per heavy atom. The molecule has 1 aliphatic heterocycles. The van der Waals surface area contributed by atoms with Crippen LogP contribution in [0, 0.1) is 10.1 Å². The zero-order valence-corrected chi connectivity index (χ0v) is 15.9. The van der Waals surface area contributed by atoms with Crippen molar-refractivity contribution < 1.29 is 28.4 Å². The van der Waals surface area contributed by atoms with Gasteiger partial charge in [0.1, 0.15) is 17.3 Å². The highest BCUT2D eigenvalue weighted by Gasteiger charge is 2.34. The van der Waals surface area contributed by atoms with E-state index in [-0.39, 0.29) is 29.0 Å². The molecule has 1 aromatic carbocycles. The van der Waals surface area contributed by atoms with Gasteiger partial charge in [0.15, 0.2) is 0 Å². The molecule has 0 atom stereocenters. The van der Waals surface area contributed by atoms with Crippen LogP contribution in [0.5, 0.6) is 5.75 Å². The van der Waals surface area contributed by atoms with Gasteiger partial charge in [-0.2, -0.15) is 0 Å². The van der Waals surface area contributed by atoms with E-state index in [0.717, 1.165) is 16.7 Å². The van der Waals surface area contributed by atoms with Crippen LogP contribution in [0.2, 0.25) is 0 Å². The van der Waals surface area contributed by atoms with E-state index >= 15 is 0 Å². The third-order valence-electron chi connectivity index (χ3n) is 3.95. The summed E-state index contributed by atoms with van der Waals surface area (Å²) in [5.41, 5.74) is 0.303. The SMILES string of the molecule is COCCN1C(=O)S/C(=C/c2ccc(-c3cc([N+](=O)[O-])ccc3OC)o2)C1=O. The summed E-state index contributed by atoms with van der Waals surface area (Å²) in [5.74, 6) is 0.663. The van der Waals surface area contributed by atoms with E-state index in [1.165, 1.54) is 38.5 Å². The number of furan rings is 1. The lowest BCUT2D eigenvalue weighted by Gasteiger charge is -2.10. The van der Waals surface area contributed by atoms with Gasteiger partial charge in [-0.15, -0.1) is 0 Å². The molecule has 1 saturated heterocycles. The Morgan fingerprint density at radius 3 is 2.71 bits per heavy atom. The zero-order valence-electron chi connectivity index (χ0n) is 15.0. The van der Waals surface area contributed by atoms with Crippen LogP contribution in [-0.2, 0) is 9.53 Å². The number of methoxy groups -OCH3 is 2. The predicted molar refractivity (Wildman–Crippen MR) is 102 cm³/mol. The quantitative estimate of drug-likeness (QED) is 0.391. The van der Waals surface area contributed by atoms with Crippen molar-refractivity contribution in [3.05, 3.63) is 51.1 Å². The normalized spacial score (nSPS) is 15.5. The smallest absolute Gasteiger partial charge is 0.293 e.